The van der Waals surface area contributed by atoms with Crippen LogP contribution in [0.4, 0.5) is 0 Å². The third-order valence-electron chi connectivity index (χ3n) is 19.1. The second-order valence-corrected chi connectivity index (χ2v) is 28.1. The molecule has 0 amide bonds. The number of allylic oxidation sites excluding steroid dienone is 2. The Morgan fingerprint density at radius 3 is 0.631 bits per heavy atom. The molecule has 0 saturated carbocycles. The minimum Gasteiger partial charge on any atom is -0.494 e. The summed E-state index contributed by atoms with van der Waals surface area (Å²) >= 11 is 0. The Hall–Kier alpha value is -8.75. The number of fused-ring (bicyclic) bond motifs is 10. The predicted octanol–water partition coefficient (Wildman–Crippen LogP) is 28.2. The van der Waals surface area contributed by atoms with Gasteiger partial charge in [-0.2, -0.15) is 10.5 Å². The highest BCUT2D eigenvalue weighted by Crippen LogP contribution is 2.37. The highest BCUT2D eigenvalue weighted by atomic mass is 16.5. The first-order valence-corrected chi connectivity index (χ1v) is 40.1. The molecule has 0 heterocycles. The van der Waals surface area contributed by atoms with Gasteiger partial charge in [-0.05, 0) is 191 Å². The standard InChI is InChI=1S/C93H121N5O5/c1-9-14-19-24-29-33-38-43-48-99-86-59-74-52-79(67-86)85(73-95)58-75-54-81(69-88(60-75)101-49-44-39-34-30-25-20-15-10-2)92(97-7)65-77-56-83(71-90(62-77)103-51-46-41-36-32-27-22-17-12-4)93(98-8)66-78-55-82(70-89(63-78)102-50-45-40-35-31-26-21-16-11-3)91(96-6)64-76-53-80(84(57-74)72-94)68-87(61-76)100-47-42-37-28-23-18-13-5/h52-71H,9-51H2,1-5H3/b84-57+,85-58+,91-64-,92-65-,93-66-. The fraction of sp³-hybridized carbons (Fsp3) is 0.516. The number of hydrogen-bond donors (Lipinski definition) is 0. The molecule has 10 nitrogen and oxygen atoms in total. The zero-order valence-electron chi connectivity index (χ0n) is 63.7. The molecule has 6 rings (SSSR count). The van der Waals surface area contributed by atoms with Crippen LogP contribution in [0.2, 0.25) is 0 Å². The van der Waals surface area contributed by atoms with Gasteiger partial charge in [-0.15, -0.1) is 0 Å². The minimum absolute atomic E-state index is 0.339. The van der Waals surface area contributed by atoms with E-state index in [1.807, 2.05) is 121 Å². The van der Waals surface area contributed by atoms with Crippen molar-refractivity contribution in [2.45, 2.75) is 279 Å². The highest BCUT2D eigenvalue weighted by Gasteiger charge is 2.17. The van der Waals surface area contributed by atoms with Gasteiger partial charge in [0.05, 0.1) is 76.0 Å². The second kappa shape index (κ2) is 51.4. The number of nitriles is 2. The van der Waals surface area contributed by atoms with Crippen LogP contribution in [0.1, 0.15) is 334 Å². The number of ether oxygens (including phenoxy) is 5. The van der Waals surface area contributed by atoms with Crippen LogP contribution in [0.5, 0.6) is 28.7 Å². The fourth-order valence-electron chi connectivity index (χ4n) is 13.2. The molecule has 0 unspecified atom stereocenters. The lowest BCUT2D eigenvalue weighted by Gasteiger charge is -2.13. The molecule has 1 aliphatic rings. The molecule has 0 atom stereocenters. The van der Waals surface area contributed by atoms with Gasteiger partial charge < -0.3 is 23.7 Å². The predicted molar refractivity (Wildman–Crippen MR) is 434 cm³/mol. The van der Waals surface area contributed by atoms with Crippen LogP contribution in [-0.4, -0.2) is 33.0 Å². The first-order valence-electron chi connectivity index (χ1n) is 40.1. The molecule has 0 N–H and O–H groups in total. The molecule has 5 aromatic carbocycles. The Kier molecular flexibility index (Phi) is 41.5. The van der Waals surface area contributed by atoms with E-state index in [0.29, 0.717) is 146 Å². The van der Waals surface area contributed by atoms with Gasteiger partial charge in [-0.25, -0.2) is 14.5 Å². The van der Waals surface area contributed by atoms with E-state index in [0.717, 1.165) is 96.3 Å². The van der Waals surface area contributed by atoms with E-state index >= 15 is 0 Å². The molecule has 103 heavy (non-hydrogen) atoms. The zero-order valence-corrected chi connectivity index (χ0v) is 63.7. The summed E-state index contributed by atoms with van der Waals surface area (Å²) in [4.78, 5) is 12.6. The molecule has 1 aliphatic carbocycles. The maximum absolute atomic E-state index is 11.3. The summed E-state index contributed by atoms with van der Waals surface area (Å²) in [5.41, 5.74) is 8.10. The quantitative estimate of drug-likeness (QED) is 0.0282. The smallest absolute Gasteiger partial charge is 0.195 e. The Morgan fingerprint density at radius 2 is 0.427 bits per heavy atom. The summed E-state index contributed by atoms with van der Waals surface area (Å²) in [6, 6.07) is 34.0. The molecule has 0 fully saturated rings. The molecule has 0 radical (unpaired) electrons. The van der Waals surface area contributed by atoms with Crippen LogP contribution in [0.15, 0.2) is 91.0 Å². The third-order valence-corrected chi connectivity index (χ3v) is 19.1. The molecule has 10 heteroatoms. The van der Waals surface area contributed by atoms with Crippen LogP contribution in [0.25, 0.3) is 73.2 Å². The first kappa shape index (κ1) is 83.2. The van der Waals surface area contributed by atoms with Gasteiger partial charge in [0.2, 0.25) is 0 Å². The van der Waals surface area contributed by atoms with Crippen molar-refractivity contribution in [3.05, 3.63) is 181 Å². The Labute approximate surface area is 622 Å². The van der Waals surface area contributed by atoms with Crippen LogP contribution >= 0.6 is 0 Å². The monoisotopic (exact) mass is 1390 g/mol. The molecule has 548 valence electrons. The lowest BCUT2D eigenvalue weighted by atomic mass is 9.96. The summed E-state index contributed by atoms with van der Waals surface area (Å²) in [5, 5.41) is 22.6. The summed E-state index contributed by atoms with van der Waals surface area (Å²) in [5.74, 6) is 2.91. The van der Waals surface area contributed by atoms with Crippen molar-refractivity contribution in [3.8, 4) is 40.9 Å². The molecule has 0 spiro atoms. The van der Waals surface area contributed by atoms with Crippen molar-refractivity contribution in [1.82, 2.24) is 0 Å². The SMILES string of the molecule is [C-]#[N+]/C1=C\c2cc(OCCCCCCCC)cc(c2)/C(C#N)=C/c2cc(OCCCCCCCCCC)cc(c2)/C(C#N)=C/c2cc(OCCCCCCCCCC)cc(c2)/C([N+]#[C-])=C/c2cc(OCCCCCCCCCC)cc(c2)/C([N+]#[C-])=C/c2cc(OCCCCCCCCCC)cc1c2. The van der Waals surface area contributed by atoms with E-state index in [1.54, 1.807) is 0 Å². The van der Waals surface area contributed by atoms with Crippen molar-refractivity contribution in [2.75, 3.05) is 33.0 Å². The van der Waals surface area contributed by atoms with Gasteiger partial charge >= 0.3 is 0 Å². The molecular weight excluding hydrogens is 1270 g/mol. The largest absolute Gasteiger partial charge is 0.494 e. The third kappa shape index (κ3) is 32.6. The summed E-state index contributed by atoms with van der Waals surface area (Å²) < 4.78 is 33.1. The van der Waals surface area contributed by atoms with Gasteiger partial charge in [-0.1, -0.05) is 265 Å². The van der Waals surface area contributed by atoms with Crippen LogP contribution in [-0.2, 0) is 0 Å². The van der Waals surface area contributed by atoms with Crippen molar-refractivity contribution in [1.29, 1.82) is 10.5 Å². The topological polar surface area (TPSA) is 107 Å². The average Bonchev–Trinajstić information content (AvgIpc) is 1.06. The van der Waals surface area contributed by atoms with Crippen LogP contribution in [0, 0.1) is 42.4 Å². The van der Waals surface area contributed by atoms with Crippen molar-refractivity contribution >= 4 is 58.6 Å². The zero-order chi connectivity index (χ0) is 73.2. The number of nitrogens with zero attached hydrogens (tertiary/aromatic N) is 5. The van der Waals surface area contributed by atoms with Gasteiger partial charge in [0.25, 0.3) is 0 Å². The lowest BCUT2D eigenvalue weighted by Crippen LogP contribution is -2.00. The number of hydrogen-bond acceptors (Lipinski definition) is 7. The Balaban J connectivity index is 1.58. The van der Waals surface area contributed by atoms with Crippen molar-refractivity contribution in [3.63, 3.8) is 0 Å². The Bertz CT molecular complexity index is 3640. The maximum Gasteiger partial charge on any atom is 0.195 e. The maximum atomic E-state index is 11.3. The van der Waals surface area contributed by atoms with E-state index in [2.05, 4.69) is 61.3 Å². The van der Waals surface area contributed by atoms with E-state index in [1.165, 1.54) is 148 Å². The van der Waals surface area contributed by atoms with Gasteiger partial charge in [-0.3, -0.25) is 0 Å². The first-order chi connectivity index (χ1) is 50.7. The lowest BCUT2D eigenvalue weighted by molar-refractivity contribution is 0.304. The normalized spacial score (nSPS) is 14.6. The fourth-order valence-corrected chi connectivity index (χ4v) is 13.2. The molecule has 5 aromatic rings. The molecule has 0 saturated heterocycles. The second-order valence-electron chi connectivity index (χ2n) is 28.1. The van der Waals surface area contributed by atoms with Crippen molar-refractivity contribution < 1.29 is 23.7 Å². The van der Waals surface area contributed by atoms with Crippen molar-refractivity contribution in [2.24, 2.45) is 0 Å². The number of benzene rings is 5. The number of unbranched alkanes of at least 4 members (excludes halogenated alkanes) is 33. The summed E-state index contributed by atoms with van der Waals surface area (Å²) in [6.07, 6.45) is 52.9. The molecular formula is C93H121N5O5. The van der Waals surface area contributed by atoms with Gasteiger partial charge in [0, 0.05) is 0 Å². The summed E-state index contributed by atoms with van der Waals surface area (Å²) in [6.45, 7) is 40.2. The summed E-state index contributed by atoms with van der Waals surface area (Å²) in [7, 11) is 0. The van der Waals surface area contributed by atoms with E-state index < -0.39 is 0 Å². The van der Waals surface area contributed by atoms with Gasteiger partial charge in [0.15, 0.2) is 17.1 Å². The highest BCUT2D eigenvalue weighted by molar-refractivity contribution is 5.96. The van der Waals surface area contributed by atoms with Gasteiger partial charge in [0.1, 0.15) is 28.7 Å². The molecule has 0 aliphatic heterocycles. The van der Waals surface area contributed by atoms with E-state index in [4.69, 9.17) is 43.4 Å². The van der Waals surface area contributed by atoms with Crippen LogP contribution < -0.4 is 23.7 Å². The molecule has 10 bridgehead atoms. The average molecular weight is 1390 g/mol. The number of rotatable bonds is 48. The minimum atomic E-state index is 0.339. The molecule has 0 aromatic heterocycles. The van der Waals surface area contributed by atoms with E-state index in [-0.39, 0.29) is 0 Å². The Morgan fingerprint density at radius 1 is 0.243 bits per heavy atom. The van der Waals surface area contributed by atoms with E-state index in [9.17, 15) is 10.5 Å². The van der Waals surface area contributed by atoms with Crippen LogP contribution in [0.3, 0.4) is 0 Å².